The Hall–Kier alpha value is -1.84. The smallest absolute Gasteiger partial charge is 0.125 e. The number of nitrogen functional groups attached to an aromatic ring is 1. The Kier molecular flexibility index (Phi) is 3.13. The summed E-state index contributed by atoms with van der Waals surface area (Å²) < 4.78 is 14.9. The molecule has 0 fully saturated rings. The Morgan fingerprint density at radius 3 is 2.76 bits per heavy atom. The first-order chi connectivity index (χ1) is 8.13. The average Bonchev–Trinajstić information content (AvgIpc) is 2.62. The van der Waals surface area contributed by atoms with Crippen molar-refractivity contribution in [2.24, 2.45) is 0 Å². The second-order valence-corrected chi connectivity index (χ2v) is 4.10. The zero-order valence-electron chi connectivity index (χ0n) is 10.1. The van der Waals surface area contributed by atoms with Crippen molar-refractivity contribution in [1.82, 2.24) is 9.78 Å². The number of anilines is 1. The second kappa shape index (κ2) is 4.57. The summed E-state index contributed by atoms with van der Waals surface area (Å²) in [5, 5.41) is 4.31. The van der Waals surface area contributed by atoms with Gasteiger partial charge in [0.1, 0.15) is 5.82 Å². The van der Waals surface area contributed by atoms with Crippen molar-refractivity contribution in [1.29, 1.82) is 0 Å². The third-order valence-electron chi connectivity index (χ3n) is 2.84. The molecule has 3 nitrogen and oxygen atoms in total. The highest BCUT2D eigenvalue weighted by Gasteiger charge is 2.11. The molecule has 1 aromatic carbocycles. The zero-order valence-corrected chi connectivity index (χ0v) is 10.1. The molecule has 4 heteroatoms. The van der Waals surface area contributed by atoms with Gasteiger partial charge in [-0.2, -0.15) is 5.10 Å². The van der Waals surface area contributed by atoms with Gasteiger partial charge in [0.15, 0.2) is 0 Å². The van der Waals surface area contributed by atoms with Gasteiger partial charge in [-0.05, 0) is 31.5 Å². The van der Waals surface area contributed by atoms with Crippen LogP contribution < -0.4 is 5.73 Å². The number of benzene rings is 1. The van der Waals surface area contributed by atoms with Crippen LogP contribution in [-0.2, 0) is 6.54 Å². The van der Waals surface area contributed by atoms with Crippen LogP contribution in [0.25, 0.3) is 11.1 Å². The quantitative estimate of drug-likeness (QED) is 0.828. The van der Waals surface area contributed by atoms with E-state index in [1.165, 1.54) is 12.1 Å². The summed E-state index contributed by atoms with van der Waals surface area (Å²) in [6, 6.07) is 4.46. The molecule has 2 N–H and O–H groups in total. The van der Waals surface area contributed by atoms with Crippen LogP contribution in [0.5, 0.6) is 0 Å². The molecule has 0 unspecified atom stereocenters. The number of nitrogens with two attached hydrogens (primary N) is 1. The molecule has 0 aliphatic carbocycles. The molecular formula is C13H16FN3. The summed E-state index contributed by atoms with van der Waals surface area (Å²) >= 11 is 0. The second-order valence-electron chi connectivity index (χ2n) is 4.10. The molecule has 0 aliphatic rings. The van der Waals surface area contributed by atoms with E-state index in [1.54, 1.807) is 12.3 Å². The molecule has 2 aromatic rings. The Bertz CT molecular complexity index is 531. The van der Waals surface area contributed by atoms with Gasteiger partial charge in [0, 0.05) is 29.1 Å². The number of hydrogen-bond donors (Lipinski definition) is 1. The highest BCUT2D eigenvalue weighted by atomic mass is 19.1. The predicted molar refractivity (Wildman–Crippen MR) is 67.1 cm³/mol. The van der Waals surface area contributed by atoms with E-state index in [9.17, 15) is 4.39 Å². The van der Waals surface area contributed by atoms with Gasteiger partial charge < -0.3 is 5.73 Å². The number of halogens is 1. The highest BCUT2D eigenvalue weighted by molar-refractivity contribution is 5.77. The lowest BCUT2D eigenvalue weighted by Gasteiger charge is -2.06. The predicted octanol–water partition coefficient (Wildman–Crippen LogP) is 2.99. The Balaban J connectivity index is 2.46. The fraction of sp³-hybridized carbons (Fsp3) is 0.308. The summed E-state index contributed by atoms with van der Waals surface area (Å²) in [5.41, 5.74) is 9.14. The molecule has 0 amide bonds. The van der Waals surface area contributed by atoms with Crippen LogP contribution in [0.1, 0.15) is 19.0 Å². The molecule has 0 radical (unpaired) electrons. The first-order valence-electron chi connectivity index (χ1n) is 5.71. The van der Waals surface area contributed by atoms with Crippen LogP contribution in [-0.4, -0.2) is 9.78 Å². The lowest BCUT2D eigenvalue weighted by molar-refractivity contribution is 0.587. The largest absolute Gasteiger partial charge is 0.398 e. The number of aromatic nitrogens is 2. The van der Waals surface area contributed by atoms with Gasteiger partial charge in [-0.25, -0.2) is 4.39 Å². The molecule has 90 valence electrons. The lowest BCUT2D eigenvalue weighted by atomic mass is 10.0. The van der Waals surface area contributed by atoms with Crippen LogP contribution >= 0.6 is 0 Å². The molecule has 1 aromatic heterocycles. The van der Waals surface area contributed by atoms with Gasteiger partial charge in [-0.1, -0.05) is 6.92 Å². The van der Waals surface area contributed by atoms with Crippen molar-refractivity contribution in [3.8, 4) is 11.1 Å². The maximum Gasteiger partial charge on any atom is 0.125 e. The summed E-state index contributed by atoms with van der Waals surface area (Å²) in [6.07, 6.45) is 2.81. The lowest BCUT2D eigenvalue weighted by Crippen LogP contribution is -2.01. The standard InChI is InChI=1S/C13H16FN3/c1-3-6-17-9(2)12(8-16-17)11-5-4-10(14)7-13(11)15/h4-5,7-8H,3,6,15H2,1-2H3. The van der Waals surface area contributed by atoms with E-state index in [0.717, 1.165) is 29.8 Å². The van der Waals surface area contributed by atoms with Crippen molar-refractivity contribution >= 4 is 5.69 Å². The zero-order chi connectivity index (χ0) is 12.4. The van der Waals surface area contributed by atoms with E-state index < -0.39 is 0 Å². The third kappa shape index (κ3) is 2.16. The maximum absolute atomic E-state index is 13.0. The van der Waals surface area contributed by atoms with Gasteiger partial charge in [0.2, 0.25) is 0 Å². The van der Waals surface area contributed by atoms with Crippen LogP contribution in [0.2, 0.25) is 0 Å². The molecule has 1 heterocycles. The average molecular weight is 233 g/mol. The summed E-state index contributed by atoms with van der Waals surface area (Å²) in [6.45, 7) is 4.99. The van der Waals surface area contributed by atoms with E-state index >= 15 is 0 Å². The fourth-order valence-electron chi connectivity index (χ4n) is 1.93. The SMILES string of the molecule is CCCn1ncc(-c2ccc(F)cc2N)c1C. The van der Waals surface area contributed by atoms with Gasteiger partial charge in [-0.15, -0.1) is 0 Å². The van der Waals surface area contributed by atoms with Crippen LogP contribution in [0.3, 0.4) is 0 Å². The highest BCUT2D eigenvalue weighted by Crippen LogP contribution is 2.28. The summed E-state index contributed by atoms with van der Waals surface area (Å²) in [7, 11) is 0. The molecule has 17 heavy (non-hydrogen) atoms. The van der Waals surface area contributed by atoms with E-state index in [-0.39, 0.29) is 5.82 Å². The normalized spacial score (nSPS) is 10.8. The first kappa shape index (κ1) is 11.6. The van der Waals surface area contributed by atoms with Gasteiger partial charge in [-0.3, -0.25) is 4.68 Å². The third-order valence-corrected chi connectivity index (χ3v) is 2.84. The minimum atomic E-state index is -0.315. The molecule has 2 rings (SSSR count). The minimum Gasteiger partial charge on any atom is -0.398 e. The Morgan fingerprint density at radius 2 is 2.12 bits per heavy atom. The topological polar surface area (TPSA) is 43.8 Å². The molecule has 0 atom stereocenters. The van der Waals surface area contributed by atoms with Crippen molar-refractivity contribution < 1.29 is 4.39 Å². The van der Waals surface area contributed by atoms with Crippen molar-refractivity contribution in [3.63, 3.8) is 0 Å². The van der Waals surface area contributed by atoms with Gasteiger partial charge >= 0.3 is 0 Å². The first-order valence-corrected chi connectivity index (χ1v) is 5.71. The van der Waals surface area contributed by atoms with E-state index in [4.69, 9.17) is 5.73 Å². The van der Waals surface area contributed by atoms with Crippen LogP contribution in [0.4, 0.5) is 10.1 Å². The van der Waals surface area contributed by atoms with E-state index in [0.29, 0.717) is 5.69 Å². The molecule has 0 bridgehead atoms. The number of hydrogen-bond acceptors (Lipinski definition) is 2. The maximum atomic E-state index is 13.0. The molecule has 0 spiro atoms. The summed E-state index contributed by atoms with van der Waals surface area (Å²) in [5.74, 6) is -0.315. The molecule has 0 saturated carbocycles. The number of aryl methyl sites for hydroxylation is 1. The van der Waals surface area contributed by atoms with Crippen molar-refractivity contribution in [3.05, 3.63) is 35.9 Å². The molecule has 0 aliphatic heterocycles. The molecular weight excluding hydrogens is 217 g/mol. The van der Waals surface area contributed by atoms with E-state index in [2.05, 4.69) is 12.0 Å². The van der Waals surface area contributed by atoms with Crippen molar-refractivity contribution in [2.45, 2.75) is 26.8 Å². The monoisotopic (exact) mass is 233 g/mol. The minimum absolute atomic E-state index is 0.315. The number of nitrogens with zero attached hydrogens (tertiary/aromatic N) is 2. The Labute approximate surface area is 100 Å². The molecule has 0 saturated heterocycles. The fourth-order valence-corrected chi connectivity index (χ4v) is 1.93. The Morgan fingerprint density at radius 1 is 1.35 bits per heavy atom. The van der Waals surface area contributed by atoms with E-state index in [1.807, 2.05) is 11.6 Å². The number of rotatable bonds is 3. The van der Waals surface area contributed by atoms with Crippen LogP contribution in [0.15, 0.2) is 24.4 Å². The van der Waals surface area contributed by atoms with Crippen LogP contribution in [0, 0.1) is 12.7 Å². The summed E-state index contributed by atoms with van der Waals surface area (Å²) in [4.78, 5) is 0. The van der Waals surface area contributed by atoms with Gasteiger partial charge in [0.05, 0.1) is 6.20 Å². The van der Waals surface area contributed by atoms with Gasteiger partial charge in [0.25, 0.3) is 0 Å². The van der Waals surface area contributed by atoms with Crippen molar-refractivity contribution in [2.75, 3.05) is 5.73 Å².